The van der Waals surface area contributed by atoms with Gasteiger partial charge in [0.25, 0.3) is 0 Å². The summed E-state index contributed by atoms with van der Waals surface area (Å²) < 4.78 is 37.5. The van der Waals surface area contributed by atoms with Crippen LogP contribution < -0.4 is 51.4 Å². The van der Waals surface area contributed by atoms with E-state index in [1.54, 1.807) is 0 Å². The molecule has 3 fully saturated rings. The van der Waals surface area contributed by atoms with Gasteiger partial charge in [0.1, 0.15) is 5.78 Å². The zero-order valence-electron chi connectivity index (χ0n) is 16.0. The molecule has 0 aromatic heterocycles. The Morgan fingerprint density at radius 2 is 1.77 bits per heavy atom. The first kappa shape index (κ1) is 21.6. The minimum Gasteiger partial charge on any atom is -0.726 e. The fourth-order valence-electron chi connectivity index (χ4n) is 6.65. The number of carbonyl (C=O) groups excluding carboxylic acids is 1. The van der Waals surface area contributed by atoms with Gasteiger partial charge in [0, 0.05) is 11.8 Å². The second-order valence-corrected chi connectivity index (χ2v) is 10.1. The molecule has 7 heteroatoms. The maximum Gasteiger partial charge on any atom is 1.00 e. The molecular weight excluding hydrogens is 379 g/mol. The van der Waals surface area contributed by atoms with Crippen LogP contribution in [0.25, 0.3) is 0 Å². The molecule has 4 aliphatic rings. The predicted octanol–water partition coefficient (Wildman–Crippen LogP) is 0.368. The maximum absolute atomic E-state index is 12.4. The van der Waals surface area contributed by atoms with Gasteiger partial charge in [-0.3, -0.25) is 8.98 Å². The van der Waals surface area contributed by atoms with Crippen LogP contribution in [-0.4, -0.2) is 24.9 Å². The summed E-state index contributed by atoms with van der Waals surface area (Å²) in [4.78, 5) is 12.4. The van der Waals surface area contributed by atoms with Crippen molar-refractivity contribution in [1.82, 2.24) is 0 Å². The second kappa shape index (κ2) is 7.31. The Morgan fingerprint density at radius 3 is 2.46 bits per heavy atom. The normalized spacial score (nSPS) is 45.0. The van der Waals surface area contributed by atoms with Gasteiger partial charge in [0.05, 0.1) is 6.10 Å². The van der Waals surface area contributed by atoms with Gasteiger partial charge < -0.3 is 4.55 Å². The third kappa shape index (κ3) is 3.49. The smallest absolute Gasteiger partial charge is 0.726 e. The summed E-state index contributed by atoms with van der Waals surface area (Å²) in [6.45, 7) is 4.48. The first-order valence-electron chi connectivity index (χ1n) is 9.50. The number of rotatable bonds is 2. The molecule has 0 radical (unpaired) electrons. The van der Waals surface area contributed by atoms with Crippen molar-refractivity contribution in [1.29, 1.82) is 0 Å². The van der Waals surface area contributed by atoms with Crippen molar-refractivity contribution in [3.8, 4) is 0 Å². The second-order valence-electron chi connectivity index (χ2n) is 9.05. The van der Waals surface area contributed by atoms with E-state index in [2.05, 4.69) is 19.9 Å². The van der Waals surface area contributed by atoms with Crippen molar-refractivity contribution in [2.75, 3.05) is 0 Å². The van der Waals surface area contributed by atoms with E-state index in [4.69, 9.17) is 4.18 Å². The van der Waals surface area contributed by atoms with E-state index < -0.39 is 16.5 Å². The number of allylic oxidation sites excluding steroid dienone is 1. The number of Topliss-reactive ketones (excluding diaryl/α,β-unsaturated/α-hetero) is 1. The molecular formula is C19H27KO5S. The van der Waals surface area contributed by atoms with E-state index in [9.17, 15) is 17.8 Å². The number of fused-ring (bicyclic) bond motifs is 5. The van der Waals surface area contributed by atoms with Gasteiger partial charge in [-0.15, -0.1) is 0 Å². The Balaban J connectivity index is 0.00000196. The van der Waals surface area contributed by atoms with Gasteiger partial charge in [-0.05, 0) is 68.1 Å². The summed E-state index contributed by atoms with van der Waals surface area (Å²) in [6.07, 6.45) is 8.55. The predicted molar refractivity (Wildman–Crippen MR) is 91.3 cm³/mol. The number of hydrogen-bond donors (Lipinski definition) is 0. The van der Waals surface area contributed by atoms with Crippen molar-refractivity contribution in [2.24, 2.45) is 28.6 Å². The van der Waals surface area contributed by atoms with E-state index >= 15 is 0 Å². The zero-order valence-corrected chi connectivity index (χ0v) is 19.9. The van der Waals surface area contributed by atoms with Gasteiger partial charge in [-0.25, -0.2) is 8.42 Å². The first-order valence-corrected chi connectivity index (χ1v) is 10.8. The molecule has 0 amide bonds. The van der Waals surface area contributed by atoms with Crippen molar-refractivity contribution >= 4 is 16.2 Å². The standard InChI is InChI=1S/C19H28O5S.K/c1-18-9-7-13(24-25(21,22)23)11-12(18)3-4-14-15-5-6-17(20)19(15,2)10-8-16(14)18;/h3,13-16H,4-11H2,1-2H3,(H,21,22,23);/q;+1/p-1. The van der Waals surface area contributed by atoms with Crippen molar-refractivity contribution in [3.05, 3.63) is 11.6 Å². The Hall–Kier alpha value is 0.916. The summed E-state index contributed by atoms with van der Waals surface area (Å²) in [5, 5.41) is 0. The number of carbonyl (C=O) groups is 1. The van der Waals surface area contributed by atoms with Crippen molar-refractivity contribution < 1.29 is 73.3 Å². The van der Waals surface area contributed by atoms with Crippen LogP contribution in [0.2, 0.25) is 0 Å². The molecule has 4 aliphatic carbocycles. The van der Waals surface area contributed by atoms with E-state index in [-0.39, 0.29) is 62.2 Å². The van der Waals surface area contributed by atoms with Crippen LogP contribution in [0.15, 0.2) is 11.6 Å². The Bertz CT molecular complexity index is 732. The van der Waals surface area contributed by atoms with Crippen molar-refractivity contribution in [2.45, 2.75) is 71.3 Å². The van der Waals surface area contributed by atoms with E-state index in [0.717, 1.165) is 38.5 Å². The van der Waals surface area contributed by atoms with Gasteiger partial charge in [-0.1, -0.05) is 25.5 Å². The molecule has 26 heavy (non-hydrogen) atoms. The first-order chi connectivity index (χ1) is 11.6. The van der Waals surface area contributed by atoms with Crippen molar-refractivity contribution in [3.63, 3.8) is 0 Å². The minimum absolute atomic E-state index is 0. The third-order valence-corrected chi connectivity index (χ3v) is 8.53. The molecule has 0 bridgehead atoms. The van der Waals surface area contributed by atoms with Crippen LogP contribution in [0.4, 0.5) is 0 Å². The summed E-state index contributed by atoms with van der Waals surface area (Å²) in [5.41, 5.74) is 1.20. The SMILES string of the molecule is CC12CCC3C(CC=C4CC(OS(=O)(=O)[O-])CCC43C)C1CCC2=O.[K+]. The molecule has 140 valence electrons. The van der Waals surface area contributed by atoms with Crippen LogP contribution in [-0.2, 0) is 19.4 Å². The molecule has 0 aromatic carbocycles. The molecule has 0 saturated heterocycles. The Kier molecular flexibility index (Phi) is 6.08. The summed E-state index contributed by atoms with van der Waals surface area (Å²) in [7, 11) is -4.65. The van der Waals surface area contributed by atoms with E-state index in [1.165, 1.54) is 5.57 Å². The fraction of sp³-hybridized carbons (Fsp3) is 0.842. The van der Waals surface area contributed by atoms with Gasteiger partial charge in [-0.2, -0.15) is 0 Å². The average Bonchev–Trinajstić information content (AvgIpc) is 2.82. The minimum atomic E-state index is -4.65. The van der Waals surface area contributed by atoms with Gasteiger partial charge in [0.2, 0.25) is 10.4 Å². The van der Waals surface area contributed by atoms with Crippen LogP contribution in [0.1, 0.15) is 65.2 Å². The molecule has 0 heterocycles. The molecule has 0 N–H and O–H groups in total. The van der Waals surface area contributed by atoms with Crippen LogP contribution in [0, 0.1) is 28.6 Å². The van der Waals surface area contributed by atoms with Gasteiger partial charge in [0.15, 0.2) is 0 Å². The van der Waals surface area contributed by atoms with Gasteiger partial charge >= 0.3 is 51.4 Å². The molecule has 0 spiro atoms. The molecule has 3 saturated carbocycles. The zero-order chi connectivity index (χ0) is 18.0. The maximum atomic E-state index is 12.4. The van der Waals surface area contributed by atoms with Crippen LogP contribution in [0.5, 0.6) is 0 Å². The average molecular weight is 407 g/mol. The molecule has 0 aromatic rings. The summed E-state index contributed by atoms with van der Waals surface area (Å²) in [6, 6.07) is 0. The van der Waals surface area contributed by atoms with E-state index in [1.807, 2.05) is 0 Å². The topological polar surface area (TPSA) is 83.5 Å². The number of hydrogen-bond acceptors (Lipinski definition) is 5. The van der Waals surface area contributed by atoms with E-state index in [0.29, 0.717) is 36.4 Å². The molecule has 5 nitrogen and oxygen atoms in total. The van der Waals surface area contributed by atoms with Crippen LogP contribution in [0.3, 0.4) is 0 Å². The molecule has 4 rings (SSSR count). The Labute approximate surface area is 199 Å². The molecule has 6 atom stereocenters. The largest absolute Gasteiger partial charge is 1.00 e. The van der Waals surface area contributed by atoms with Crippen LogP contribution >= 0.6 is 0 Å². The summed E-state index contributed by atoms with van der Waals surface area (Å²) in [5.74, 6) is 2.05. The summed E-state index contributed by atoms with van der Waals surface area (Å²) >= 11 is 0. The quantitative estimate of drug-likeness (QED) is 0.286. The molecule has 0 aliphatic heterocycles. The third-order valence-electron chi connectivity index (χ3n) is 8.02. The Morgan fingerprint density at radius 1 is 1.12 bits per heavy atom. The fourth-order valence-corrected chi connectivity index (χ4v) is 7.14. The number of ketones is 1. The monoisotopic (exact) mass is 406 g/mol. The molecule has 6 unspecified atom stereocenters.